The van der Waals surface area contributed by atoms with E-state index in [1.165, 1.54) is 19.2 Å². The van der Waals surface area contributed by atoms with Gasteiger partial charge in [-0.1, -0.05) is 11.6 Å². The zero-order valence-corrected chi connectivity index (χ0v) is 16.8. The van der Waals surface area contributed by atoms with Crippen LogP contribution in [0.1, 0.15) is 53.3 Å². The average molecular weight is 443 g/mol. The van der Waals surface area contributed by atoms with Gasteiger partial charge in [0.05, 0.1) is 5.02 Å². The van der Waals surface area contributed by atoms with E-state index < -0.39 is 23.6 Å². The maximum Gasteiger partial charge on any atom is 0.431 e. The van der Waals surface area contributed by atoms with Crippen molar-refractivity contribution in [3.8, 4) is 0 Å². The van der Waals surface area contributed by atoms with E-state index in [1.807, 2.05) is 0 Å². The lowest BCUT2D eigenvalue weighted by molar-refractivity contribution is -0.143. The number of fused-ring (bicyclic) bond motifs is 1. The topological polar surface area (TPSA) is 51.1 Å². The van der Waals surface area contributed by atoms with Crippen molar-refractivity contribution in [1.82, 2.24) is 4.57 Å². The highest BCUT2D eigenvalue weighted by atomic mass is 35.5. The molecule has 9 heteroatoms. The smallest absolute Gasteiger partial charge is 0.336 e. The Balaban J connectivity index is 1.69. The Morgan fingerprint density at radius 1 is 1.17 bits per heavy atom. The Morgan fingerprint density at radius 3 is 2.37 bits per heavy atom. The minimum Gasteiger partial charge on any atom is -0.336 e. The lowest BCUT2D eigenvalue weighted by Crippen LogP contribution is -2.20. The fraction of sp³-hybridized carbons (Fsp3) is 0.429. The van der Waals surface area contributed by atoms with Crippen molar-refractivity contribution >= 4 is 29.0 Å². The summed E-state index contributed by atoms with van der Waals surface area (Å²) >= 11 is 5.73. The van der Waals surface area contributed by atoms with Crippen LogP contribution in [0.5, 0.6) is 0 Å². The largest absolute Gasteiger partial charge is 0.431 e. The predicted molar refractivity (Wildman–Crippen MR) is 103 cm³/mol. The minimum atomic E-state index is -4.62. The molecule has 2 fully saturated rings. The summed E-state index contributed by atoms with van der Waals surface area (Å²) in [5, 5.41) is 2.32. The molecule has 1 N–H and O–H groups in total. The van der Waals surface area contributed by atoms with Gasteiger partial charge < -0.3 is 9.88 Å². The molecular weight excluding hydrogens is 424 g/mol. The number of aromatic nitrogens is 1. The number of hydrogen-bond acceptors (Lipinski definition) is 2. The molecule has 0 saturated heterocycles. The summed E-state index contributed by atoms with van der Waals surface area (Å²) in [5.74, 6) is -1.11. The van der Waals surface area contributed by atoms with Gasteiger partial charge in [-0.05, 0) is 60.4 Å². The number of carbonyl (C=O) groups excluding carboxylic acids is 2. The number of nitrogens with zero attached hydrogens (tertiary/aromatic N) is 1. The second kappa shape index (κ2) is 7.41. The first-order chi connectivity index (χ1) is 14.0. The molecule has 0 radical (unpaired) electrons. The van der Waals surface area contributed by atoms with Gasteiger partial charge in [-0.2, -0.15) is 13.2 Å². The summed E-state index contributed by atoms with van der Waals surface area (Å²) < 4.78 is 54.9. The Kier molecular flexibility index (Phi) is 5.16. The van der Waals surface area contributed by atoms with Crippen LogP contribution < -0.4 is 5.32 Å². The predicted octanol–water partition coefficient (Wildman–Crippen LogP) is 5.56. The van der Waals surface area contributed by atoms with Crippen LogP contribution in [-0.2, 0) is 18.0 Å². The third-order valence-electron chi connectivity index (χ3n) is 6.21. The van der Waals surface area contributed by atoms with E-state index in [0.29, 0.717) is 31.2 Å². The summed E-state index contributed by atoms with van der Waals surface area (Å²) in [6.45, 7) is 0. The van der Waals surface area contributed by atoms with Crippen LogP contribution in [0.25, 0.3) is 0 Å². The quantitative estimate of drug-likeness (QED) is 0.632. The van der Waals surface area contributed by atoms with E-state index in [0.717, 1.165) is 16.7 Å². The van der Waals surface area contributed by atoms with Crippen molar-refractivity contribution < 1.29 is 27.2 Å². The molecule has 2 unspecified atom stereocenters. The van der Waals surface area contributed by atoms with Crippen molar-refractivity contribution in [2.45, 2.75) is 37.8 Å². The van der Waals surface area contributed by atoms with Crippen molar-refractivity contribution in [3.63, 3.8) is 0 Å². The normalized spacial score (nSPS) is 23.7. The number of anilines is 1. The lowest BCUT2D eigenvalue weighted by Gasteiger charge is -2.15. The van der Waals surface area contributed by atoms with Crippen LogP contribution in [0.15, 0.2) is 24.3 Å². The summed E-state index contributed by atoms with van der Waals surface area (Å²) in [6.07, 6.45) is -2.54. The Hall–Kier alpha value is -2.35. The molecule has 1 amide bonds. The molecule has 4 nitrogen and oxygen atoms in total. The number of Topliss-reactive ketones (excluding diaryl/α,β-unsaturated/α-hetero) is 1. The molecule has 2 aliphatic rings. The lowest BCUT2D eigenvalue weighted by atomic mass is 9.94. The van der Waals surface area contributed by atoms with Gasteiger partial charge in [0.1, 0.15) is 23.0 Å². The number of halogens is 5. The number of carbonyl (C=O) groups is 2. The molecule has 30 heavy (non-hydrogen) atoms. The maximum absolute atomic E-state index is 13.5. The number of ketones is 1. The van der Waals surface area contributed by atoms with Gasteiger partial charge in [-0.25, -0.2) is 4.39 Å². The van der Waals surface area contributed by atoms with Crippen LogP contribution in [0, 0.1) is 17.7 Å². The summed E-state index contributed by atoms with van der Waals surface area (Å²) in [4.78, 5) is 24.6. The fourth-order valence-corrected chi connectivity index (χ4v) is 5.07. The van der Waals surface area contributed by atoms with Crippen molar-refractivity contribution in [2.24, 2.45) is 18.9 Å². The van der Waals surface area contributed by atoms with Crippen LogP contribution >= 0.6 is 11.6 Å². The van der Waals surface area contributed by atoms with E-state index >= 15 is 0 Å². The summed E-state index contributed by atoms with van der Waals surface area (Å²) in [5.41, 5.74) is -0.481. The molecule has 2 aliphatic carbocycles. The standard InChI is InChI=1S/C21H19ClF4N2O2/c1-28-18(21(24,25)26)9-15(12-4-10-6-14(29)7-11(10)5-12)19(28)20(30)27-13-2-3-17(23)16(22)8-13/h2-3,8-12H,4-7H2,1H3,(H,27,30). The highest BCUT2D eigenvalue weighted by Crippen LogP contribution is 2.51. The molecule has 160 valence electrons. The van der Waals surface area contributed by atoms with E-state index in [4.69, 9.17) is 11.6 Å². The second-order valence-electron chi connectivity index (χ2n) is 8.11. The molecule has 2 atom stereocenters. The summed E-state index contributed by atoms with van der Waals surface area (Å²) in [6, 6.07) is 4.60. The first-order valence-corrected chi connectivity index (χ1v) is 9.97. The molecule has 1 heterocycles. The van der Waals surface area contributed by atoms with Gasteiger partial charge in [0.15, 0.2) is 0 Å². The van der Waals surface area contributed by atoms with Gasteiger partial charge in [0.25, 0.3) is 5.91 Å². The molecule has 0 bridgehead atoms. The van der Waals surface area contributed by atoms with Crippen LogP contribution in [0.3, 0.4) is 0 Å². The number of alkyl halides is 3. The molecule has 4 rings (SSSR count). The monoisotopic (exact) mass is 442 g/mol. The molecular formula is C21H19ClF4N2O2. The van der Waals surface area contributed by atoms with Gasteiger partial charge in [-0.3, -0.25) is 9.59 Å². The van der Waals surface area contributed by atoms with Crippen LogP contribution in [0.4, 0.5) is 23.2 Å². The number of nitrogens with one attached hydrogen (secondary N) is 1. The molecule has 0 aliphatic heterocycles. The first-order valence-electron chi connectivity index (χ1n) is 9.59. The number of rotatable bonds is 3. The molecule has 2 aromatic rings. The van der Waals surface area contributed by atoms with E-state index in [-0.39, 0.29) is 39.9 Å². The Morgan fingerprint density at radius 2 is 1.80 bits per heavy atom. The minimum absolute atomic E-state index is 0.0842. The third kappa shape index (κ3) is 3.73. The van der Waals surface area contributed by atoms with Gasteiger partial charge >= 0.3 is 6.18 Å². The highest BCUT2D eigenvalue weighted by molar-refractivity contribution is 6.31. The van der Waals surface area contributed by atoms with Crippen molar-refractivity contribution in [3.05, 3.63) is 52.1 Å². The third-order valence-corrected chi connectivity index (χ3v) is 6.50. The highest BCUT2D eigenvalue weighted by Gasteiger charge is 2.44. The van der Waals surface area contributed by atoms with E-state index in [1.54, 1.807) is 0 Å². The van der Waals surface area contributed by atoms with Crippen molar-refractivity contribution in [1.29, 1.82) is 0 Å². The Bertz CT molecular complexity index is 1010. The number of benzene rings is 1. The second-order valence-corrected chi connectivity index (χ2v) is 8.52. The molecule has 0 spiro atoms. The number of amides is 1. The fourth-order valence-electron chi connectivity index (χ4n) is 4.89. The van der Waals surface area contributed by atoms with Gasteiger partial charge in [-0.15, -0.1) is 0 Å². The van der Waals surface area contributed by atoms with Crippen LogP contribution in [-0.4, -0.2) is 16.3 Å². The zero-order chi connectivity index (χ0) is 21.8. The van der Waals surface area contributed by atoms with E-state index in [2.05, 4.69) is 5.32 Å². The zero-order valence-electron chi connectivity index (χ0n) is 16.0. The van der Waals surface area contributed by atoms with Gasteiger partial charge in [0, 0.05) is 25.6 Å². The van der Waals surface area contributed by atoms with Crippen LogP contribution in [0.2, 0.25) is 5.02 Å². The molecule has 1 aromatic carbocycles. The summed E-state index contributed by atoms with van der Waals surface area (Å²) in [7, 11) is 1.21. The van der Waals surface area contributed by atoms with E-state index in [9.17, 15) is 27.2 Å². The SMILES string of the molecule is Cn1c(C(F)(F)F)cc(C2CC3CC(=O)CC3C2)c1C(=O)Nc1ccc(F)c(Cl)c1. The van der Waals surface area contributed by atoms with Crippen molar-refractivity contribution in [2.75, 3.05) is 5.32 Å². The molecule has 1 aromatic heterocycles. The maximum atomic E-state index is 13.5. The Labute approximate surface area is 175 Å². The average Bonchev–Trinajstić information content (AvgIpc) is 3.28. The molecule has 2 saturated carbocycles. The van der Waals surface area contributed by atoms with Gasteiger partial charge in [0.2, 0.25) is 0 Å². The number of hydrogen-bond donors (Lipinski definition) is 1. The first kappa shape index (κ1) is 20.9.